The molecule has 1 unspecified atom stereocenters. The van der Waals surface area contributed by atoms with Gasteiger partial charge in [0.15, 0.2) is 0 Å². The van der Waals surface area contributed by atoms with Crippen LogP contribution in [0.25, 0.3) is 0 Å². The highest BCUT2D eigenvalue weighted by molar-refractivity contribution is 5.56. The summed E-state index contributed by atoms with van der Waals surface area (Å²) in [6, 6.07) is 6.56. The SMILES string of the molecule is CCC(N)Cc1cnc(N(CC)c2cccc(F)c2)nc1. The number of anilines is 2. The molecule has 0 bridgehead atoms. The molecule has 1 heterocycles. The van der Waals surface area contributed by atoms with Gasteiger partial charge in [0.2, 0.25) is 5.95 Å². The molecule has 0 radical (unpaired) electrons. The molecule has 2 aromatic rings. The third-order valence-corrected chi connectivity index (χ3v) is 3.39. The fraction of sp³-hybridized carbons (Fsp3) is 0.375. The number of hydrogen-bond acceptors (Lipinski definition) is 4. The number of nitrogens with zero attached hydrogens (tertiary/aromatic N) is 3. The molecule has 0 aliphatic carbocycles. The van der Waals surface area contributed by atoms with Gasteiger partial charge in [-0.05, 0) is 43.5 Å². The van der Waals surface area contributed by atoms with Crippen LogP contribution in [0.4, 0.5) is 16.0 Å². The molecule has 21 heavy (non-hydrogen) atoms. The monoisotopic (exact) mass is 288 g/mol. The van der Waals surface area contributed by atoms with Crippen molar-refractivity contribution in [3.8, 4) is 0 Å². The summed E-state index contributed by atoms with van der Waals surface area (Å²) in [4.78, 5) is 10.6. The van der Waals surface area contributed by atoms with Gasteiger partial charge >= 0.3 is 0 Å². The van der Waals surface area contributed by atoms with E-state index in [1.54, 1.807) is 18.5 Å². The number of benzene rings is 1. The largest absolute Gasteiger partial charge is 0.327 e. The van der Waals surface area contributed by atoms with Gasteiger partial charge in [0, 0.05) is 30.7 Å². The van der Waals surface area contributed by atoms with Crippen LogP contribution in [0.5, 0.6) is 0 Å². The van der Waals surface area contributed by atoms with Crippen LogP contribution in [0.2, 0.25) is 0 Å². The summed E-state index contributed by atoms with van der Waals surface area (Å²) in [5, 5.41) is 0. The van der Waals surface area contributed by atoms with E-state index < -0.39 is 0 Å². The zero-order chi connectivity index (χ0) is 15.2. The van der Waals surface area contributed by atoms with Gasteiger partial charge in [-0.3, -0.25) is 0 Å². The van der Waals surface area contributed by atoms with Crippen LogP contribution < -0.4 is 10.6 Å². The topological polar surface area (TPSA) is 55.0 Å². The molecule has 0 saturated carbocycles. The highest BCUT2D eigenvalue weighted by Crippen LogP contribution is 2.22. The van der Waals surface area contributed by atoms with E-state index >= 15 is 0 Å². The Kier molecular flexibility index (Phi) is 5.22. The van der Waals surface area contributed by atoms with E-state index in [-0.39, 0.29) is 11.9 Å². The highest BCUT2D eigenvalue weighted by Gasteiger charge is 2.11. The summed E-state index contributed by atoms with van der Waals surface area (Å²) in [7, 11) is 0. The van der Waals surface area contributed by atoms with Crippen LogP contribution in [0.3, 0.4) is 0 Å². The van der Waals surface area contributed by atoms with Crippen molar-refractivity contribution in [2.24, 2.45) is 5.73 Å². The number of aromatic nitrogens is 2. The molecule has 1 atom stereocenters. The van der Waals surface area contributed by atoms with Crippen LogP contribution in [0, 0.1) is 5.82 Å². The van der Waals surface area contributed by atoms with Gasteiger partial charge in [-0.2, -0.15) is 0 Å². The predicted molar refractivity (Wildman–Crippen MR) is 83.1 cm³/mol. The summed E-state index contributed by atoms with van der Waals surface area (Å²) in [6.45, 7) is 4.70. The first kappa shape index (κ1) is 15.4. The first-order valence-corrected chi connectivity index (χ1v) is 7.23. The lowest BCUT2D eigenvalue weighted by Gasteiger charge is -2.21. The van der Waals surface area contributed by atoms with Gasteiger partial charge in [-0.15, -0.1) is 0 Å². The summed E-state index contributed by atoms with van der Waals surface area (Å²) in [5.41, 5.74) is 7.69. The Labute approximate surface area is 124 Å². The lowest BCUT2D eigenvalue weighted by Crippen LogP contribution is -2.22. The van der Waals surface area contributed by atoms with Gasteiger partial charge in [-0.1, -0.05) is 13.0 Å². The van der Waals surface area contributed by atoms with Crippen molar-refractivity contribution < 1.29 is 4.39 Å². The van der Waals surface area contributed by atoms with Crippen molar-refractivity contribution >= 4 is 11.6 Å². The molecule has 0 aliphatic rings. The smallest absolute Gasteiger partial charge is 0.229 e. The quantitative estimate of drug-likeness (QED) is 0.887. The van der Waals surface area contributed by atoms with E-state index in [9.17, 15) is 4.39 Å². The highest BCUT2D eigenvalue weighted by atomic mass is 19.1. The summed E-state index contributed by atoms with van der Waals surface area (Å²) >= 11 is 0. The zero-order valence-electron chi connectivity index (χ0n) is 12.5. The molecule has 0 saturated heterocycles. The van der Waals surface area contributed by atoms with Crippen molar-refractivity contribution in [1.29, 1.82) is 0 Å². The minimum atomic E-state index is -0.267. The summed E-state index contributed by atoms with van der Waals surface area (Å²) < 4.78 is 13.3. The van der Waals surface area contributed by atoms with Crippen molar-refractivity contribution in [2.45, 2.75) is 32.7 Å². The first-order valence-electron chi connectivity index (χ1n) is 7.23. The fourth-order valence-electron chi connectivity index (χ4n) is 2.12. The third kappa shape index (κ3) is 3.98. The lowest BCUT2D eigenvalue weighted by atomic mass is 10.1. The number of halogens is 1. The van der Waals surface area contributed by atoms with Gasteiger partial charge in [0.05, 0.1) is 0 Å². The van der Waals surface area contributed by atoms with E-state index in [2.05, 4.69) is 16.9 Å². The molecule has 112 valence electrons. The Morgan fingerprint density at radius 1 is 1.24 bits per heavy atom. The minimum absolute atomic E-state index is 0.130. The Morgan fingerprint density at radius 2 is 1.95 bits per heavy atom. The van der Waals surface area contributed by atoms with Gasteiger partial charge < -0.3 is 10.6 Å². The van der Waals surface area contributed by atoms with Gasteiger partial charge in [-0.25, -0.2) is 14.4 Å². The molecule has 0 spiro atoms. The van der Waals surface area contributed by atoms with E-state index in [0.717, 1.165) is 24.1 Å². The van der Waals surface area contributed by atoms with Crippen molar-refractivity contribution in [2.75, 3.05) is 11.4 Å². The van der Waals surface area contributed by atoms with E-state index in [0.29, 0.717) is 12.5 Å². The molecule has 2 N–H and O–H groups in total. The normalized spacial score (nSPS) is 12.2. The van der Waals surface area contributed by atoms with Crippen LogP contribution in [-0.2, 0) is 6.42 Å². The molecule has 0 amide bonds. The Hall–Kier alpha value is -2.01. The van der Waals surface area contributed by atoms with E-state index in [4.69, 9.17) is 5.73 Å². The van der Waals surface area contributed by atoms with Gasteiger partial charge in [0.25, 0.3) is 0 Å². The molecular weight excluding hydrogens is 267 g/mol. The molecule has 1 aromatic carbocycles. The lowest BCUT2D eigenvalue weighted by molar-refractivity contribution is 0.627. The molecule has 4 nitrogen and oxygen atoms in total. The Morgan fingerprint density at radius 3 is 2.52 bits per heavy atom. The van der Waals surface area contributed by atoms with Crippen molar-refractivity contribution in [3.63, 3.8) is 0 Å². The molecule has 0 fully saturated rings. The maximum atomic E-state index is 13.3. The Bertz CT molecular complexity index is 571. The predicted octanol–water partition coefficient (Wildman–Crippen LogP) is 3.05. The number of nitrogens with two attached hydrogens (primary N) is 1. The summed E-state index contributed by atoms with van der Waals surface area (Å²) in [6.07, 6.45) is 5.27. The maximum absolute atomic E-state index is 13.3. The minimum Gasteiger partial charge on any atom is -0.327 e. The standard InChI is InChI=1S/C16H21FN4/c1-3-14(18)8-12-10-19-16(20-11-12)21(4-2)15-7-5-6-13(17)9-15/h5-7,9-11,14H,3-4,8,18H2,1-2H3. The van der Waals surface area contributed by atoms with Crippen molar-refractivity contribution in [1.82, 2.24) is 9.97 Å². The second-order valence-corrected chi connectivity index (χ2v) is 4.99. The number of hydrogen-bond donors (Lipinski definition) is 1. The van der Waals surface area contributed by atoms with E-state index in [1.165, 1.54) is 12.1 Å². The zero-order valence-corrected chi connectivity index (χ0v) is 12.5. The average Bonchev–Trinajstić information content (AvgIpc) is 2.50. The Balaban J connectivity index is 2.19. The van der Waals surface area contributed by atoms with Crippen LogP contribution in [0.15, 0.2) is 36.7 Å². The maximum Gasteiger partial charge on any atom is 0.229 e. The molecule has 5 heteroatoms. The number of rotatable bonds is 6. The fourth-order valence-corrected chi connectivity index (χ4v) is 2.12. The third-order valence-electron chi connectivity index (χ3n) is 3.39. The van der Waals surface area contributed by atoms with Crippen LogP contribution >= 0.6 is 0 Å². The molecular formula is C16H21FN4. The van der Waals surface area contributed by atoms with Crippen molar-refractivity contribution in [3.05, 3.63) is 48.0 Å². The second-order valence-electron chi connectivity index (χ2n) is 4.99. The average molecular weight is 288 g/mol. The van der Waals surface area contributed by atoms with Gasteiger partial charge in [0.1, 0.15) is 5.82 Å². The first-order chi connectivity index (χ1) is 10.1. The second kappa shape index (κ2) is 7.13. The van der Waals surface area contributed by atoms with Crippen LogP contribution in [-0.4, -0.2) is 22.6 Å². The summed E-state index contributed by atoms with van der Waals surface area (Å²) in [5.74, 6) is 0.299. The van der Waals surface area contributed by atoms with E-state index in [1.807, 2.05) is 17.9 Å². The van der Waals surface area contributed by atoms with Crippen LogP contribution in [0.1, 0.15) is 25.8 Å². The molecule has 2 rings (SSSR count). The molecule has 1 aromatic heterocycles. The molecule has 0 aliphatic heterocycles.